The maximum atomic E-state index is 2.76. The van der Waals surface area contributed by atoms with E-state index in [-0.39, 0.29) is 20.3 Å². The van der Waals surface area contributed by atoms with Crippen molar-refractivity contribution in [2.45, 2.75) is 0 Å². The zero-order valence-electron chi connectivity index (χ0n) is 36.8. The largest absolute Gasteiger partial charge is 0.373 e. The van der Waals surface area contributed by atoms with Gasteiger partial charge in [-0.2, -0.15) is 0 Å². The minimum atomic E-state index is -0.104. The number of nitrogens with zero attached hydrogens (tertiary/aromatic N) is 5. The lowest BCUT2D eigenvalue weighted by molar-refractivity contribution is 1.19. The predicted octanol–water partition coefficient (Wildman–Crippen LogP) is 9.40. The van der Waals surface area contributed by atoms with Crippen LogP contribution in [0.3, 0.4) is 0 Å². The van der Waals surface area contributed by atoms with E-state index in [0.717, 1.165) is 11.4 Å². The summed E-state index contributed by atoms with van der Waals surface area (Å²) in [6.07, 6.45) is 0. The predicted molar refractivity (Wildman–Crippen MR) is 287 cm³/mol. The fraction of sp³-hybridized carbons (Fsp3) is 0. The van der Waals surface area contributed by atoms with Gasteiger partial charge in [-0.3, -0.25) is 0 Å². The Morgan fingerprint density at radius 1 is 0.250 bits per heavy atom. The minimum Gasteiger partial charge on any atom is -0.373 e. The Bertz CT molecular complexity index is 3620. The highest BCUT2D eigenvalue weighted by molar-refractivity contribution is 7.03. The average molecular weight is 859 g/mol. The highest BCUT2D eigenvalue weighted by Gasteiger charge is 2.56. The van der Waals surface area contributed by atoms with E-state index < -0.39 is 0 Å². The van der Waals surface area contributed by atoms with Crippen LogP contribution in [0.1, 0.15) is 0 Å². The van der Waals surface area contributed by atoms with Crippen molar-refractivity contribution in [3.63, 3.8) is 0 Å². The topological polar surface area (TPSA) is 16.2 Å². The molecular weight excluding hydrogens is 823 g/mol. The van der Waals surface area contributed by atoms with Gasteiger partial charge in [-0.1, -0.05) is 140 Å². The molecule has 0 unspecified atom stereocenters. The summed E-state index contributed by atoms with van der Waals surface area (Å²) in [7, 11) is 0. The van der Waals surface area contributed by atoms with E-state index in [1.165, 1.54) is 123 Å². The average Bonchev–Trinajstić information content (AvgIpc) is 3.41. The fourth-order valence-corrected chi connectivity index (χ4v) is 13.7. The van der Waals surface area contributed by atoms with E-state index in [1.54, 1.807) is 0 Å². The van der Waals surface area contributed by atoms with Gasteiger partial charge in [0.15, 0.2) is 0 Å². The third-order valence-electron chi connectivity index (χ3n) is 16.1. The second kappa shape index (κ2) is 12.6. The molecule has 0 radical (unpaired) electrons. The standard InChI is InChI=1S/C60H36B3N5/c1-3-19-37(20-4-1)64-46-28-12-7-23-41(46)61-43-25-9-14-30-48(43)66-50-32-16-11-27-45(50)63-55-39(35-53(64)56(61)59(55)66)40-36-54-57-60-58(40)68(63)52-34-18-17-33-51(52)67(60)49-31-15-10-26-44(49)62(57)42-24-8-13-29-47(42)65(54)38-21-5-2-6-22-38/h1-36H. The van der Waals surface area contributed by atoms with Crippen LogP contribution in [0.2, 0.25) is 0 Å². The highest BCUT2D eigenvalue weighted by atomic mass is 15.3. The molecule has 7 aliphatic rings. The van der Waals surface area contributed by atoms with E-state index in [0.29, 0.717) is 0 Å². The number of hydrogen-bond acceptors (Lipinski definition) is 5. The molecule has 0 N–H and O–H groups in total. The molecule has 0 fully saturated rings. The summed E-state index contributed by atoms with van der Waals surface area (Å²) in [5.74, 6) is 0. The molecule has 0 saturated heterocycles. The van der Waals surface area contributed by atoms with E-state index in [4.69, 9.17) is 0 Å². The first-order valence-electron chi connectivity index (χ1n) is 23.9. The number of fused-ring (bicyclic) bond motifs is 18. The molecule has 5 nitrogen and oxygen atoms in total. The molecule has 0 bridgehead atoms. The van der Waals surface area contributed by atoms with Gasteiger partial charge in [0, 0.05) is 62.4 Å². The van der Waals surface area contributed by atoms with Crippen molar-refractivity contribution in [2.24, 2.45) is 0 Å². The molecule has 0 saturated carbocycles. The Hall–Kier alpha value is -8.61. The highest BCUT2D eigenvalue weighted by Crippen LogP contribution is 2.61. The minimum absolute atomic E-state index is 0.0311. The number of hydrogen-bond donors (Lipinski definition) is 0. The SMILES string of the molecule is c1ccc(N2c3ccccc3B3c4ccccc4N4c5ccccc5B5c6c(cc2c3c64)-c2cc3c4c6c2N5c2ccccc2N6c2ccccc2B4c2ccccc2N3c2ccccc2)cc1. The van der Waals surface area contributed by atoms with Crippen LogP contribution >= 0.6 is 0 Å². The summed E-state index contributed by atoms with van der Waals surface area (Å²) >= 11 is 0. The van der Waals surface area contributed by atoms with Gasteiger partial charge in [-0.15, -0.1) is 0 Å². The Morgan fingerprint density at radius 2 is 0.618 bits per heavy atom. The third kappa shape index (κ3) is 4.16. The van der Waals surface area contributed by atoms with Crippen LogP contribution in [-0.4, -0.2) is 20.3 Å². The monoisotopic (exact) mass is 859 g/mol. The van der Waals surface area contributed by atoms with Crippen molar-refractivity contribution in [3.8, 4) is 11.1 Å². The van der Waals surface area contributed by atoms with Gasteiger partial charge in [0.25, 0.3) is 13.4 Å². The van der Waals surface area contributed by atoms with Crippen LogP contribution in [0.5, 0.6) is 0 Å². The van der Waals surface area contributed by atoms with Crippen LogP contribution < -0.4 is 68.1 Å². The second-order valence-electron chi connectivity index (χ2n) is 19.1. The molecule has 0 amide bonds. The quantitative estimate of drug-likeness (QED) is 0.161. The first kappa shape index (κ1) is 35.6. The van der Waals surface area contributed by atoms with E-state index in [2.05, 4.69) is 243 Å². The number of anilines is 14. The molecule has 8 heteroatoms. The molecule has 310 valence electrons. The van der Waals surface area contributed by atoms with Gasteiger partial charge in [0.05, 0.1) is 22.7 Å². The number of para-hydroxylation sites is 9. The van der Waals surface area contributed by atoms with E-state index in [9.17, 15) is 0 Å². The molecule has 68 heavy (non-hydrogen) atoms. The summed E-state index contributed by atoms with van der Waals surface area (Å²) in [4.78, 5) is 13.1. The molecule has 0 atom stereocenters. The Balaban J connectivity index is 1.08. The molecule has 10 aromatic carbocycles. The third-order valence-corrected chi connectivity index (χ3v) is 16.1. The zero-order valence-corrected chi connectivity index (χ0v) is 36.8. The van der Waals surface area contributed by atoms with Gasteiger partial charge in [-0.25, -0.2) is 0 Å². The van der Waals surface area contributed by atoms with Gasteiger partial charge >= 0.3 is 6.85 Å². The molecular formula is C60H36B3N5. The van der Waals surface area contributed by atoms with E-state index in [1.807, 2.05) is 0 Å². The summed E-state index contributed by atoms with van der Waals surface area (Å²) in [5.41, 5.74) is 30.5. The maximum absolute atomic E-state index is 2.76. The van der Waals surface area contributed by atoms with Gasteiger partial charge in [0.1, 0.15) is 0 Å². The number of benzene rings is 10. The first-order valence-corrected chi connectivity index (χ1v) is 23.9. The molecule has 10 aromatic rings. The summed E-state index contributed by atoms with van der Waals surface area (Å²) in [6.45, 7) is -0.0335. The molecule has 0 aromatic heterocycles. The maximum Gasteiger partial charge on any atom is 0.333 e. The molecule has 17 rings (SSSR count). The number of rotatable bonds is 2. The lowest BCUT2D eigenvalue weighted by Gasteiger charge is -2.55. The normalized spacial score (nSPS) is 14.8. The van der Waals surface area contributed by atoms with Crippen LogP contribution in [0.15, 0.2) is 218 Å². The fourth-order valence-electron chi connectivity index (χ4n) is 13.7. The smallest absolute Gasteiger partial charge is 0.333 e. The zero-order chi connectivity index (χ0) is 43.9. The molecule has 0 aliphatic carbocycles. The van der Waals surface area contributed by atoms with Crippen LogP contribution in [0.25, 0.3) is 11.1 Å². The van der Waals surface area contributed by atoms with Crippen molar-refractivity contribution < 1.29 is 0 Å². The summed E-state index contributed by atoms with van der Waals surface area (Å²) < 4.78 is 0. The molecule has 7 heterocycles. The van der Waals surface area contributed by atoms with Crippen molar-refractivity contribution in [2.75, 3.05) is 24.4 Å². The van der Waals surface area contributed by atoms with Crippen LogP contribution in [-0.2, 0) is 0 Å². The van der Waals surface area contributed by atoms with Crippen molar-refractivity contribution in [1.29, 1.82) is 0 Å². The van der Waals surface area contributed by atoms with Crippen LogP contribution in [0, 0.1) is 0 Å². The van der Waals surface area contributed by atoms with Gasteiger partial charge < -0.3 is 24.4 Å². The van der Waals surface area contributed by atoms with E-state index >= 15 is 0 Å². The lowest BCUT2D eigenvalue weighted by Crippen LogP contribution is -2.69. The van der Waals surface area contributed by atoms with Crippen molar-refractivity contribution in [1.82, 2.24) is 0 Å². The Morgan fingerprint density at radius 3 is 1.13 bits per heavy atom. The lowest BCUT2D eigenvalue weighted by atomic mass is 9.31. The Labute approximate surface area is 395 Å². The summed E-state index contributed by atoms with van der Waals surface area (Å²) in [6, 6.07) is 82.4. The molecule has 0 spiro atoms. The van der Waals surface area contributed by atoms with Crippen LogP contribution in [0.4, 0.5) is 79.6 Å². The second-order valence-corrected chi connectivity index (χ2v) is 19.1. The van der Waals surface area contributed by atoms with Gasteiger partial charge in [0.2, 0.25) is 0 Å². The van der Waals surface area contributed by atoms with Crippen molar-refractivity contribution >= 4 is 144 Å². The summed E-state index contributed by atoms with van der Waals surface area (Å²) in [5, 5.41) is 0. The van der Waals surface area contributed by atoms with Gasteiger partial charge in [-0.05, 0) is 128 Å². The first-order chi connectivity index (χ1) is 33.8. The van der Waals surface area contributed by atoms with Crippen molar-refractivity contribution in [3.05, 3.63) is 218 Å². The Kier molecular flexibility index (Phi) is 6.62. The molecule has 7 aliphatic heterocycles.